The van der Waals surface area contributed by atoms with Gasteiger partial charge < -0.3 is 15.6 Å². The number of hydrogen-bond donors (Lipinski definition) is 2. The Labute approximate surface area is 120 Å². The van der Waals surface area contributed by atoms with Gasteiger partial charge in [-0.05, 0) is 25.0 Å². The van der Waals surface area contributed by atoms with E-state index in [9.17, 15) is 5.11 Å². The molecule has 2 atom stereocenters. The molecule has 1 aromatic rings. The summed E-state index contributed by atoms with van der Waals surface area (Å²) in [7, 11) is 0. The third-order valence-corrected chi connectivity index (χ3v) is 4.52. The van der Waals surface area contributed by atoms with Crippen molar-refractivity contribution >= 4 is 5.69 Å². The van der Waals surface area contributed by atoms with Crippen LogP contribution >= 0.6 is 0 Å². The van der Waals surface area contributed by atoms with Crippen molar-refractivity contribution in [3.63, 3.8) is 0 Å². The molecule has 1 aromatic heterocycles. The zero-order chi connectivity index (χ0) is 14.6. The van der Waals surface area contributed by atoms with Crippen LogP contribution < -0.4 is 5.73 Å². The van der Waals surface area contributed by atoms with Crippen molar-refractivity contribution < 1.29 is 9.84 Å². The van der Waals surface area contributed by atoms with Crippen LogP contribution in [0.4, 0.5) is 5.69 Å². The summed E-state index contributed by atoms with van der Waals surface area (Å²) in [4.78, 5) is 6.42. The standard InChI is InChI=1S/C15H25N3O2/c1-3-15(2,18-6-8-20-9-7-18)14(19)10-12-11-17-5-4-13(12)16/h4-5,11,14,19H,3,6-10H2,1-2H3,(H2,16,17). The van der Waals surface area contributed by atoms with Crippen LogP contribution in [0.2, 0.25) is 0 Å². The van der Waals surface area contributed by atoms with E-state index in [0.29, 0.717) is 12.1 Å². The Hall–Kier alpha value is -1.17. The maximum Gasteiger partial charge on any atom is 0.0762 e. The summed E-state index contributed by atoms with van der Waals surface area (Å²) in [6, 6.07) is 1.78. The van der Waals surface area contributed by atoms with Crippen LogP contribution in [0.1, 0.15) is 25.8 Å². The summed E-state index contributed by atoms with van der Waals surface area (Å²) in [5.74, 6) is 0. The van der Waals surface area contributed by atoms with E-state index < -0.39 is 6.10 Å². The highest BCUT2D eigenvalue weighted by Crippen LogP contribution is 2.28. The lowest BCUT2D eigenvalue weighted by atomic mass is 9.85. The van der Waals surface area contributed by atoms with Crippen molar-refractivity contribution in [2.45, 2.75) is 38.3 Å². The first kappa shape index (κ1) is 15.2. The quantitative estimate of drug-likeness (QED) is 0.843. The summed E-state index contributed by atoms with van der Waals surface area (Å²) in [5, 5.41) is 10.7. The first-order chi connectivity index (χ1) is 9.58. The highest BCUT2D eigenvalue weighted by molar-refractivity contribution is 5.44. The van der Waals surface area contributed by atoms with Crippen LogP contribution in [0.5, 0.6) is 0 Å². The second kappa shape index (κ2) is 6.52. The molecule has 5 nitrogen and oxygen atoms in total. The van der Waals surface area contributed by atoms with Gasteiger partial charge in [0.05, 0.1) is 19.3 Å². The Morgan fingerprint density at radius 3 is 2.80 bits per heavy atom. The molecule has 0 aromatic carbocycles. The number of morpholine rings is 1. The molecule has 1 aliphatic rings. The topological polar surface area (TPSA) is 71.6 Å². The fourth-order valence-corrected chi connectivity index (χ4v) is 2.78. The number of aliphatic hydroxyl groups excluding tert-OH is 1. The van der Waals surface area contributed by atoms with Crippen molar-refractivity contribution in [1.29, 1.82) is 0 Å². The van der Waals surface area contributed by atoms with Crippen molar-refractivity contribution in [3.05, 3.63) is 24.0 Å². The van der Waals surface area contributed by atoms with E-state index in [1.807, 2.05) is 0 Å². The molecule has 112 valence electrons. The van der Waals surface area contributed by atoms with Gasteiger partial charge in [0.2, 0.25) is 0 Å². The molecule has 0 saturated carbocycles. The summed E-state index contributed by atoms with van der Waals surface area (Å²) in [6.45, 7) is 7.43. The molecule has 5 heteroatoms. The maximum absolute atomic E-state index is 10.7. The number of anilines is 1. The lowest BCUT2D eigenvalue weighted by Crippen LogP contribution is -2.58. The largest absolute Gasteiger partial charge is 0.398 e. The molecule has 0 bridgehead atoms. The molecular weight excluding hydrogens is 254 g/mol. The van der Waals surface area contributed by atoms with E-state index in [0.717, 1.165) is 38.3 Å². The number of nitrogens with zero attached hydrogens (tertiary/aromatic N) is 2. The van der Waals surface area contributed by atoms with Crippen LogP contribution in [0.25, 0.3) is 0 Å². The summed E-state index contributed by atoms with van der Waals surface area (Å²) in [6.07, 6.45) is 4.35. The number of pyridine rings is 1. The third-order valence-electron chi connectivity index (χ3n) is 4.52. The normalized spacial score (nSPS) is 21.4. The fraction of sp³-hybridized carbons (Fsp3) is 0.667. The van der Waals surface area contributed by atoms with Crippen LogP contribution in [0.3, 0.4) is 0 Å². The summed E-state index contributed by atoms with van der Waals surface area (Å²) in [5.41, 5.74) is 7.29. The van der Waals surface area contributed by atoms with Gasteiger partial charge in [-0.1, -0.05) is 6.92 Å². The maximum atomic E-state index is 10.7. The minimum Gasteiger partial charge on any atom is -0.398 e. The van der Waals surface area contributed by atoms with Crippen molar-refractivity contribution in [2.24, 2.45) is 0 Å². The number of aliphatic hydroxyl groups is 1. The average molecular weight is 279 g/mol. The zero-order valence-corrected chi connectivity index (χ0v) is 12.4. The Morgan fingerprint density at radius 2 is 2.20 bits per heavy atom. The molecule has 0 spiro atoms. The number of nitrogen functional groups attached to an aromatic ring is 1. The van der Waals surface area contributed by atoms with E-state index in [1.54, 1.807) is 18.5 Å². The van der Waals surface area contributed by atoms with E-state index in [-0.39, 0.29) is 5.54 Å². The Morgan fingerprint density at radius 1 is 1.50 bits per heavy atom. The first-order valence-electron chi connectivity index (χ1n) is 7.27. The Balaban J connectivity index is 2.11. The highest BCUT2D eigenvalue weighted by atomic mass is 16.5. The number of ether oxygens (including phenoxy) is 1. The average Bonchev–Trinajstić information content (AvgIpc) is 2.49. The monoisotopic (exact) mass is 279 g/mol. The van der Waals surface area contributed by atoms with E-state index in [4.69, 9.17) is 10.5 Å². The Kier molecular flexibility index (Phi) is 4.96. The van der Waals surface area contributed by atoms with Crippen LogP contribution in [0, 0.1) is 0 Å². The summed E-state index contributed by atoms with van der Waals surface area (Å²) < 4.78 is 5.40. The highest BCUT2D eigenvalue weighted by Gasteiger charge is 2.38. The molecule has 1 fully saturated rings. The van der Waals surface area contributed by atoms with Crippen molar-refractivity contribution in [3.8, 4) is 0 Å². The molecule has 0 amide bonds. The molecule has 1 saturated heterocycles. The summed E-state index contributed by atoms with van der Waals surface area (Å²) >= 11 is 0. The van der Waals surface area contributed by atoms with E-state index in [1.165, 1.54) is 0 Å². The minimum absolute atomic E-state index is 0.258. The van der Waals surface area contributed by atoms with Gasteiger partial charge in [0.1, 0.15) is 0 Å². The number of aromatic nitrogens is 1. The fourth-order valence-electron chi connectivity index (χ4n) is 2.78. The third kappa shape index (κ3) is 3.11. The predicted molar refractivity (Wildman–Crippen MR) is 79.4 cm³/mol. The van der Waals surface area contributed by atoms with Gasteiger partial charge in [-0.25, -0.2) is 0 Å². The molecule has 20 heavy (non-hydrogen) atoms. The van der Waals surface area contributed by atoms with Crippen molar-refractivity contribution in [1.82, 2.24) is 9.88 Å². The van der Waals surface area contributed by atoms with Crippen LogP contribution in [-0.2, 0) is 11.2 Å². The lowest BCUT2D eigenvalue weighted by molar-refractivity contribution is -0.0714. The lowest BCUT2D eigenvalue weighted by Gasteiger charge is -2.46. The van der Waals surface area contributed by atoms with Gasteiger partial charge in [-0.3, -0.25) is 9.88 Å². The molecule has 0 aliphatic carbocycles. The van der Waals surface area contributed by atoms with Gasteiger partial charge >= 0.3 is 0 Å². The van der Waals surface area contributed by atoms with Gasteiger partial charge in [0.25, 0.3) is 0 Å². The number of rotatable bonds is 5. The van der Waals surface area contributed by atoms with Crippen LogP contribution in [0.15, 0.2) is 18.5 Å². The Bertz CT molecular complexity index is 435. The zero-order valence-electron chi connectivity index (χ0n) is 12.4. The minimum atomic E-state index is -0.475. The number of nitrogens with two attached hydrogens (primary N) is 1. The molecule has 0 radical (unpaired) electrons. The van der Waals surface area contributed by atoms with Crippen LogP contribution in [-0.4, -0.2) is 52.9 Å². The van der Waals surface area contributed by atoms with E-state index in [2.05, 4.69) is 23.7 Å². The first-order valence-corrected chi connectivity index (χ1v) is 7.27. The number of hydrogen-bond acceptors (Lipinski definition) is 5. The second-order valence-corrected chi connectivity index (χ2v) is 5.60. The van der Waals surface area contributed by atoms with Gasteiger partial charge in [0, 0.05) is 43.1 Å². The predicted octanol–water partition coefficient (Wildman–Crippen LogP) is 1.07. The smallest absolute Gasteiger partial charge is 0.0762 e. The van der Waals surface area contributed by atoms with Crippen molar-refractivity contribution in [2.75, 3.05) is 32.0 Å². The van der Waals surface area contributed by atoms with Gasteiger partial charge in [0.15, 0.2) is 0 Å². The molecule has 2 rings (SSSR count). The molecule has 1 aliphatic heterocycles. The molecule has 3 N–H and O–H groups in total. The molecular formula is C15H25N3O2. The second-order valence-electron chi connectivity index (χ2n) is 5.60. The van der Waals surface area contributed by atoms with Gasteiger partial charge in [-0.2, -0.15) is 0 Å². The van der Waals surface area contributed by atoms with E-state index >= 15 is 0 Å². The van der Waals surface area contributed by atoms with Gasteiger partial charge in [-0.15, -0.1) is 0 Å². The SMILES string of the molecule is CCC(C)(C(O)Cc1cnccc1N)N1CCOCC1. The molecule has 2 unspecified atom stereocenters. The molecule has 2 heterocycles.